The van der Waals surface area contributed by atoms with Gasteiger partial charge in [-0.2, -0.15) is 0 Å². The number of para-hydroxylation sites is 4. The lowest BCUT2D eigenvalue weighted by Crippen LogP contribution is -2.54. The maximum atomic E-state index is 5.29. The quantitative estimate of drug-likeness (QED) is 0.144. The van der Waals surface area contributed by atoms with Gasteiger partial charge in [0.2, 0.25) is 18.4 Å². The zero-order chi connectivity index (χ0) is 37.2. The molecule has 3 aliphatic rings. The molecule has 5 aromatic heterocycles. The SMILES string of the molecule is C1=C2\C[n+]3cc4ccccc4n3Cc3cccc4c3C(C/1c1cn(c3ccccc13)Cc1cccc(n1)Cn1cc2c2ccccc21)[n+]1cc2ccccc2n1C4. The first kappa shape index (κ1) is 31.2. The predicted octanol–water partition coefficient (Wildman–Crippen LogP) is 8.77. The Kier molecular flexibility index (Phi) is 6.45. The molecule has 5 aromatic carbocycles. The van der Waals surface area contributed by atoms with Crippen molar-refractivity contribution in [1.29, 1.82) is 0 Å². The van der Waals surface area contributed by atoms with Crippen molar-refractivity contribution in [3.63, 3.8) is 0 Å². The highest BCUT2D eigenvalue weighted by Crippen LogP contribution is 2.44. The highest BCUT2D eigenvalue weighted by Gasteiger charge is 2.44. The Morgan fingerprint density at radius 2 is 1.12 bits per heavy atom. The summed E-state index contributed by atoms with van der Waals surface area (Å²) in [5.74, 6) is -0.0136. The standard InChI is InChI=1S/C50H39N7/c1-5-19-45-33(11-1)24-54-25-37-23-42(50-49-35(27-55(45)54)13-9-14-36(49)28-56-46-20-6-2-12-34(46)26-57(50)56)44-32-53(48-22-8-4-18-41(44)48)30-39-16-10-15-38(51-39)29-52-31-43(37)40-17-3-7-21-47(40)52/h1-24,26,31-32,42,50H,25,27-30H2/q+2/b37-23+. The van der Waals surface area contributed by atoms with E-state index >= 15 is 0 Å². The largest absolute Gasteiger partial charge is 0.341 e. The molecule has 0 aliphatic carbocycles. The smallest absolute Gasteiger partial charge is 0.218 e. The van der Waals surface area contributed by atoms with Crippen molar-refractivity contribution in [2.75, 3.05) is 0 Å². The van der Waals surface area contributed by atoms with Gasteiger partial charge in [0, 0.05) is 50.9 Å². The van der Waals surface area contributed by atoms with Crippen LogP contribution in [0.2, 0.25) is 0 Å². The monoisotopic (exact) mass is 737 g/mol. The van der Waals surface area contributed by atoms with E-state index in [4.69, 9.17) is 4.98 Å². The van der Waals surface area contributed by atoms with E-state index in [-0.39, 0.29) is 12.0 Å². The second-order valence-electron chi connectivity index (χ2n) is 16.2. The molecule has 0 N–H and O–H groups in total. The van der Waals surface area contributed by atoms with Crippen LogP contribution in [-0.4, -0.2) is 23.5 Å². The summed E-state index contributed by atoms with van der Waals surface area (Å²) < 4.78 is 15.0. The number of nitrogens with zero attached hydrogens (tertiary/aromatic N) is 7. The maximum Gasteiger partial charge on any atom is 0.218 e. The van der Waals surface area contributed by atoms with Gasteiger partial charge in [0.1, 0.15) is 24.1 Å². The molecule has 7 nitrogen and oxygen atoms in total. The average molecular weight is 738 g/mol. The Labute approximate surface area is 329 Å². The van der Waals surface area contributed by atoms with Crippen LogP contribution in [0.5, 0.6) is 0 Å². The van der Waals surface area contributed by atoms with Crippen LogP contribution < -0.4 is 9.36 Å². The van der Waals surface area contributed by atoms with Crippen molar-refractivity contribution >= 4 is 49.2 Å². The summed E-state index contributed by atoms with van der Waals surface area (Å²) in [5, 5.41) is 5.07. The number of pyridine rings is 1. The molecule has 8 bridgehead atoms. The number of benzene rings is 5. The minimum atomic E-state index is -0.0136. The molecule has 8 heterocycles. The second kappa shape index (κ2) is 11.8. The number of rotatable bonds is 0. The first-order chi connectivity index (χ1) is 28.2. The fourth-order valence-corrected chi connectivity index (χ4v) is 10.5. The molecule has 0 saturated carbocycles. The van der Waals surface area contributed by atoms with Crippen LogP contribution in [0.15, 0.2) is 164 Å². The Bertz CT molecular complexity index is 3310. The van der Waals surface area contributed by atoms with Gasteiger partial charge in [-0.15, -0.1) is 18.7 Å². The third-order valence-electron chi connectivity index (χ3n) is 13.0. The van der Waals surface area contributed by atoms with Gasteiger partial charge in [0.15, 0.2) is 6.54 Å². The van der Waals surface area contributed by atoms with Crippen LogP contribution in [-0.2, 0) is 32.7 Å². The van der Waals surface area contributed by atoms with E-state index in [1.165, 1.54) is 77.0 Å². The molecule has 13 rings (SSSR count). The van der Waals surface area contributed by atoms with Gasteiger partial charge >= 0.3 is 0 Å². The average Bonchev–Trinajstić information content (AvgIpc) is 4.00. The van der Waals surface area contributed by atoms with Crippen LogP contribution in [0, 0.1) is 0 Å². The fraction of sp³-hybridized carbons (Fsp3) is 0.140. The van der Waals surface area contributed by atoms with Crippen molar-refractivity contribution in [2.24, 2.45) is 0 Å². The van der Waals surface area contributed by atoms with E-state index in [0.29, 0.717) is 13.1 Å². The highest BCUT2D eigenvalue weighted by molar-refractivity contribution is 5.94. The minimum Gasteiger partial charge on any atom is -0.341 e. The first-order valence-electron chi connectivity index (χ1n) is 20.1. The molecule has 272 valence electrons. The molecule has 10 aromatic rings. The second-order valence-corrected chi connectivity index (χ2v) is 16.2. The van der Waals surface area contributed by atoms with Crippen molar-refractivity contribution < 1.29 is 9.36 Å². The Morgan fingerprint density at radius 1 is 0.526 bits per heavy atom. The van der Waals surface area contributed by atoms with Gasteiger partial charge in [-0.05, 0) is 65.2 Å². The topological polar surface area (TPSA) is 40.4 Å². The summed E-state index contributed by atoms with van der Waals surface area (Å²) in [5.41, 5.74) is 15.2. The van der Waals surface area contributed by atoms with Crippen LogP contribution in [0.4, 0.5) is 0 Å². The first-order valence-corrected chi connectivity index (χ1v) is 20.1. The zero-order valence-electron chi connectivity index (χ0n) is 31.4. The van der Waals surface area contributed by atoms with Gasteiger partial charge in [-0.25, -0.2) is 0 Å². The van der Waals surface area contributed by atoms with E-state index in [1.807, 2.05) is 0 Å². The lowest BCUT2D eigenvalue weighted by molar-refractivity contribution is -0.791. The molecule has 0 radical (unpaired) electrons. The van der Waals surface area contributed by atoms with E-state index in [9.17, 15) is 0 Å². The summed E-state index contributed by atoms with van der Waals surface area (Å²) in [6, 6.07) is 49.3. The number of allylic oxidation sites excluding steroid dienone is 2. The number of hydrogen-bond donors (Lipinski definition) is 0. The Morgan fingerprint density at radius 3 is 1.89 bits per heavy atom. The molecule has 0 amide bonds. The van der Waals surface area contributed by atoms with Gasteiger partial charge in [0.05, 0.1) is 41.2 Å². The third-order valence-corrected chi connectivity index (χ3v) is 13.0. The van der Waals surface area contributed by atoms with Crippen molar-refractivity contribution in [3.8, 4) is 0 Å². The van der Waals surface area contributed by atoms with E-state index < -0.39 is 0 Å². The third kappa shape index (κ3) is 4.63. The molecule has 57 heavy (non-hydrogen) atoms. The molecule has 7 heteroatoms. The molecule has 2 atom stereocenters. The highest BCUT2D eigenvalue weighted by atomic mass is 15.4. The number of aromatic nitrogens is 7. The predicted molar refractivity (Wildman–Crippen MR) is 224 cm³/mol. The van der Waals surface area contributed by atoms with Crippen molar-refractivity contribution in [1.82, 2.24) is 23.5 Å². The number of hydrogen-bond acceptors (Lipinski definition) is 1. The van der Waals surface area contributed by atoms with Gasteiger partial charge in [-0.1, -0.05) is 91.0 Å². The maximum absolute atomic E-state index is 5.29. The number of fused-ring (bicyclic) bond motifs is 23. The summed E-state index contributed by atoms with van der Waals surface area (Å²) >= 11 is 0. The molecule has 0 saturated heterocycles. The Hall–Kier alpha value is -6.99. The summed E-state index contributed by atoms with van der Waals surface area (Å²) in [6.45, 7) is 3.72. The van der Waals surface area contributed by atoms with Crippen LogP contribution in [0.25, 0.3) is 49.2 Å². The lowest BCUT2D eigenvalue weighted by Gasteiger charge is -2.30. The van der Waals surface area contributed by atoms with Gasteiger partial charge in [0.25, 0.3) is 0 Å². The molecular formula is C50H39N7+2. The lowest BCUT2D eigenvalue weighted by atomic mass is 9.80. The Balaban J connectivity index is 1.20. The van der Waals surface area contributed by atoms with Crippen LogP contribution >= 0.6 is 0 Å². The summed E-state index contributed by atoms with van der Waals surface area (Å²) in [6.07, 6.45) is 12.3. The summed E-state index contributed by atoms with van der Waals surface area (Å²) in [7, 11) is 0. The molecule has 2 unspecified atom stereocenters. The molecular weight excluding hydrogens is 699 g/mol. The minimum absolute atomic E-state index is 0.0114. The van der Waals surface area contributed by atoms with Gasteiger partial charge in [-0.3, -0.25) is 4.98 Å². The van der Waals surface area contributed by atoms with Gasteiger partial charge < -0.3 is 9.13 Å². The molecule has 0 fully saturated rings. The van der Waals surface area contributed by atoms with Crippen LogP contribution in [0.1, 0.15) is 51.2 Å². The van der Waals surface area contributed by atoms with Crippen LogP contribution in [0.3, 0.4) is 0 Å². The zero-order valence-corrected chi connectivity index (χ0v) is 31.4. The van der Waals surface area contributed by atoms with E-state index in [0.717, 1.165) is 31.0 Å². The van der Waals surface area contributed by atoms with Crippen molar-refractivity contribution in [2.45, 2.75) is 44.7 Å². The normalized spacial score (nSPS) is 18.1. The summed E-state index contributed by atoms with van der Waals surface area (Å²) in [4.78, 5) is 5.29. The van der Waals surface area contributed by atoms with Crippen molar-refractivity contribution in [3.05, 3.63) is 204 Å². The van der Waals surface area contributed by atoms with E-state index in [2.05, 4.69) is 192 Å². The molecule has 3 aliphatic heterocycles. The fourth-order valence-electron chi connectivity index (χ4n) is 10.5. The molecule has 0 spiro atoms. The van der Waals surface area contributed by atoms with E-state index in [1.54, 1.807) is 0 Å².